The van der Waals surface area contributed by atoms with Gasteiger partial charge in [0.25, 0.3) is 0 Å². The van der Waals surface area contributed by atoms with Gasteiger partial charge >= 0.3 is 0 Å². The number of hydrogen-bond donors (Lipinski definition) is 0. The van der Waals surface area contributed by atoms with Gasteiger partial charge in [-0.15, -0.1) is 0 Å². The standard InChI is InChI=1S/C17H13ClO3/c18-14-8-4-7-13(9-14)17(21)11-15(19)10-16(20)12-5-2-1-3-6-12/h1-9H,10-11H2. The third-order valence-electron chi connectivity index (χ3n) is 2.96. The number of hydrogen-bond acceptors (Lipinski definition) is 3. The molecule has 0 fully saturated rings. The quantitative estimate of drug-likeness (QED) is 0.603. The van der Waals surface area contributed by atoms with Crippen LogP contribution in [0.25, 0.3) is 0 Å². The van der Waals surface area contributed by atoms with E-state index in [1.807, 2.05) is 0 Å². The minimum Gasteiger partial charge on any atom is -0.299 e. The summed E-state index contributed by atoms with van der Waals surface area (Å²) >= 11 is 5.80. The molecule has 0 heterocycles. The molecule has 0 aromatic heterocycles. The maximum absolute atomic E-state index is 11.9. The van der Waals surface area contributed by atoms with Gasteiger partial charge in [0.2, 0.25) is 0 Å². The zero-order valence-electron chi connectivity index (χ0n) is 11.2. The van der Waals surface area contributed by atoms with Crippen molar-refractivity contribution in [3.63, 3.8) is 0 Å². The van der Waals surface area contributed by atoms with Crippen molar-refractivity contribution >= 4 is 29.0 Å². The summed E-state index contributed by atoms with van der Waals surface area (Å²) in [5.41, 5.74) is 0.851. The Labute approximate surface area is 127 Å². The second-order valence-electron chi connectivity index (χ2n) is 4.61. The molecule has 4 heteroatoms. The lowest BCUT2D eigenvalue weighted by atomic mass is 10.0. The van der Waals surface area contributed by atoms with Crippen LogP contribution in [0.3, 0.4) is 0 Å². The Hall–Kier alpha value is -2.26. The van der Waals surface area contributed by atoms with Gasteiger partial charge in [-0.1, -0.05) is 54.1 Å². The van der Waals surface area contributed by atoms with Crippen LogP contribution in [0.15, 0.2) is 54.6 Å². The number of carbonyl (C=O) groups is 3. The summed E-state index contributed by atoms with van der Waals surface area (Å²) in [5, 5.41) is 0.439. The molecule has 0 spiro atoms. The van der Waals surface area contributed by atoms with Crippen LogP contribution in [0.4, 0.5) is 0 Å². The molecule has 0 amide bonds. The van der Waals surface area contributed by atoms with E-state index in [-0.39, 0.29) is 24.4 Å². The largest absolute Gasteiger partial charge is 0.299 e. The molecule has 0 aliphatic rings. The van der Waals surface area contributed by atoms with Gasteiger partial charge in [0.05, 0.1) is 12.8 Å². The highest BCUT2D eigenvalue weighted by Gasteiger charge is 2.16. The van der Waals surface area contributed by atoms with Crippen molar-refractivity contribution in [2.75, 3.05) is 0 Å². The number of rotatable bonds is 6. The predicted octanol–water partition coefficient (Wildman–Crippen LogP) is 3.75. The molecule has 0 aliphatic carbocycles. The molecule has 3 nitrogen and oxygen atoms in total. The molecule has 0 radical (unpaired) electrons. The van der Waals surface area contributed by atoms with E-state index in [2.05, 4.69) is 0 Å². The molecule has 0 bridgehead atoms. The lowest BCUT2D eigenvalue weighted by molar-refractivity contribution is -0.117. The average Bonchev–Trinajstić information content (AvgIpc) is 2.48. The zero-order valence-corrected chi connectivity index (χ0v) is 12.0. The van der Waals surface area contributed by atoms with Gasteiger partial charge in [-0.05, 0) is 12.1 Å². The Morgan fingerprint density at radius 2 is 1.33 bits per heavy atom. The highest BCUT2D eigenvalue weighted by Crippen LogP contribution is 2.13. The summed E-state index contributed by atoms with van der Waals surface area (Å²) < 4.78 is 0. The van der Waals surface area contributed by atoms with Crippen LogP contribution in [0, 0.1) is 0 Å². The Morgan fingerprint density at radius 3 is 1.95 bits per heavy atom. The first-order valence-corrected chi connectivity index (χ1v) is 6.83. The van der Waals surface area contributed by atoms with Crippen molar-refractivity contribution in [1.82, 2.24) is 0 Å². The second kappa shape index (κ2) is 6.95. The Balaban J connectivity index is 1.96. The molecule has 0 atom stereocenters. The fraction of sp³-hybridized carbons (Fsp3) is 0.118. The van der Waals surface area contributed by atoms with Crippen molar-refractivity contribution in [1.29, 1.82) is 0 Å². The van der Waals surface area contributed by atoms with E-state index in [1.165, 1.54) is 6.07 Å². The van der Waals surface area contributed by atoms with Crippen molar-refractivity contribution in [2.45, 2.75) is 12.8 Å². The van der Waals surface area contributed by atoms with E-state index >= 15 is 0 Å². The maximum atomic E-state index is 11.9. The van der Waals surface area contributed by atoms with Crippen LogP contribution in [-0.2, 0) is 4.79 Å². The van der Waals surface area contributed by atoms with E-state index in [9.17, 15) is 14.4 Å². The molecule has 0 saturated heterocycles. The first-order chi connectivity index (χ1) is 10.1. The molecular weight excluding hydrogens is 288 g/mol. The predicted molar refractivity (Wildman–Crippen MR) is 80.8 cm³/mol. The van der Waals surface area contributed by atoms with E-state index in [4.69, 9.17) is 11.6 Å². The number of halogens is 1. The summed E-state index contributed by atoms with van der Waals surface area (Å²) in [6.07, 6.45) is -0.560. The third kappa shape index (κ3) is 4.36. The van der Waals surface area contributed by atoms with Crippen molar-refractivity contribution in [3.8, 4) is 0 Å². The number of ketones is 3. The minimum atomic E-state index is -0.395. The van der Waals surface area contributed by atoms with Gasteiger partial charge in [0, 0.05) is 16.1 Å². The monoisotopic (exact) mass is 300 g/mol. The molecule has 2 aromatic rings. The molecule has 106 valence electrons. The molecule has 0 N–H and O–H groups in total. The van der Waals surface area contributed by atoms with E-state index in [1.54, 1.807) is 48.5 Å². The Kier molecular flexibility index (Phi) is 5.01. The molecule has 2 rings (SSSR count). The number of benzene rings is 2. The molecule has 0 unspecified atom stereocenters. The highest BCUT2D eigenvalue weighted by molar-refractivity contribution is 6.31. The van der Waals surface area contributed by atoms with E-state index < -0.39 is 5.78 Å². The summed E-state index contributed by atoms with van der Waals surface area (Å²) in [7, 11) is 0. The van der Waals surface area contributed by atoms with Crippen LogP contribution >= 0.6 is 11.6 Å². The van der Waals surface area contributed by atoms with E-state index in [0.29, 0.717) is 16.1 Å². The topological polar surface area (TPSA) is 51.2 Å². The summed E-state index contributed by atoms with van der Waals surface area (Å²) in [6.45, 7) is 0. The summed E-state index contributed by atoms with van der Waals surface area (Å²) in [6, 6.07) is 15.0. The first-order valence-electron chi connectivity index (χ1n) is 6.45. The minimum absolute atomic E-state index is 0.268. The molecule has 2 aromatic carbocycles. The zero-order chi connectivity index (χ0) is 15.2. The van der Waals surface area contributed by atoms with Gasteiger partial charge < -0.3 is 0 Å². The van der Waals surface area contributed by atoms with Gasteiger partial charge in [0.1, 0.15) is 5.78 Å². The van der Waals surface area contributed by atoms with Gasteiger partial charge in [0.15, 0.2) is 11.6 Å². The second-order valence-corrected chi connectivity index (χ2v) is 5.05. The van der Waals surface area contributed by atoms with Crippen molar-refractivity contribution in [2.24, 2.45) is 0 Å². The maximum Gasteiger partial charge on any atom is 0.170 e. The van der Waals surface area contributed by atoms with Gasteiger partial charge in [-0.3, -0.25) is 14.4 Å². The molecular formula is C17H13ClO3. The van der Waals surface area contributed by atoms with Gasteiger partial charge in [-0.2, -0.15) is 0 Å². The van der Waals surface area contributed by atoms with Crippen LogP contribution in [0.5, 0.6) is 0 Å². The summed E-state index contributed by atoms with van der Waals surface area (Å²) in [4.78, 5) is 35.6. The van der Waals surface area contributed by atoms with Gasteiger partial charge in [-0.25, -0.2) is 0 Å². The summed E-state index contributed by atoms with van der Waals surface area (Å²) in [5.74, 6) is -1.00. The number of carbonyl (C=O) groups excluding carboxylic acids is 3. The van der Waals surface area contributed by atoms with Crippen molar-refractivity contribution < 1.29 is 14.4 Å². The smallest absolute Gasteiger partial charge is 0.170 e. The van der Waals surface area contributed by atoms with E-state index in [0.717, 1.165) is 0 Å². The normalized spacial score (nSPS) is 10.1. The third-order valence-corrected chi connectivity index (χ3v) is 3.19. The number of Topliss-reactive ketones (excluding diaryl/α,β-unsaturated/α-hetero) is 3. The van der Waals surface area contributed by atoms with Crippen LogP contribution in [-0.4, -0.2) is 17.3 Å². The Bertz CT molecular complexity index is 677. The highest BCUT2D eigenvalue weighted by atomic mass is 35.5. The molecule has 0 aliphatic heterocycles. The SMILES string of the molecule is O=C(CC(=O)c1ccccc1)CC(=O)c1cccc(Cl)c1. The fourth-order valence-electron chi connectivity index (χ4n) is 1.91. The lowest BCUT2D eigenvalue weighted by Gasteiger charge is -2.02. The van der Waals surface area contributed by atoms with Crippen LogP contribution < -0.4 is 0 Å². The molecule has 21 heavy (non-hydrogen) atoms. The fourth-order valence-corrected chi connectivity index (χ4v) is 2.10. The van der Waals surface area contributed by atoms with Crippen LogP contribution in [0.1, 0.15) is 33.6 Å². The Morgan fingerprint density at radius 1 is 0.762 bits per heavy atom. The first kappa shape index (κ1) is 15.1. The lowest BCUT2D eigenvalue weighted by Crippen LogP contribution is -2.13. The molecule has 0 saturated carbocycles. The average molecular weight is 301 g/mol. The van der Waals surface area contributed by atoms with Crippen molar-refractivity contribution in [3.05, 3.63) is 70.7 Å². The van der Waals surface area contributed by atoms with Crippen LogP contribution in [0.2, 0.25) is 5.02 Å².